The van der Waals surface area contributed by atoms with Gasteiger partial charge in [0.1, 0.15) is 0 Å². The molecule has 2 unspecified atom stereocenters. The summed E-state index contributed by atoms with van der Waals surface area (Å²) in [6.07, 6.45) is 2.00. The Morgan fingerprint density at radius 3 is 2.41 bits per heavy atom. The Morgan fingerprint density at radius 1 is 1.11 bits per heavy atom. The van der Waals surface area contributed by atoms with E-state index in [0.29, 0.717) is 6.04 Å². The lowest BCUT2D eigenvalue weighted by Crippen LogP contribution is -2.53. The number of amides is 1. The summed E-state index contributed by atoms with van der Waals surface area (Å²) in [7, 11) is 1.76. The summed E-state index contributed by atoms with van der Waals surface area (Å²) in [5, 5.41) is 0. The Hall–Kier alpha value is -1.27. The smallest absolute Gasteiger partial charge is 0.341 e. The number of likely N-dealkylation sites (tertiary alicyclic amines) is 1. The molecule has 1 heterocycles. The Labute approximate surface area is 165 Å². The number of likely N-dealkylation sites (N-methyl/N-ethyl adjacent to an activating group) is 1. The fraction of sp³-hybridized carbons (Fsp3) is 0.650. The molecule has 0 N–H and O–H groups in total. The van der Waals surface area contributed by atoms with Crippen molar-refractivity contribution in [3.8, 4) is 0 Å². The highest BCUT2D eigenvalue weighted by Crippen LogP contribution is 2.33. The maximum absolute atomic E-state index is 13.2. The molecule has 2 fully saturated rings. The fourth-order valence-electron chi connectivity index (χ4n) is 4.47. The molecule has 1 aromatic carbocycles. The molecular weight excluding hydrogens is 377 g/mol. The second-order valence-electron chi connectivity index (χ2n) is 7.50. The maximum Gasteiger partial charge on any atom is 0.416 e. The van der Waals surface area contributed by atoms with Crippen molar-refractivity contribution in [2.75, 3.05) is 20.1 Å². The van der Waals surface area contributed by atoms with Gasteiger partial charge in [0.25, 0.3) is 0 Å². The first kappa shape index (κ1) is 22.0. The lowest BCUT2D eigenvalue weighted by atomic mass is 9.88. The van der Waals surface area contributed by atoms with Crippen LogP contribution in [0, 0.1) is 0 Å². The van der Waals surface area contributed by atoms with Gasteiger partial charge in [-0.2, -0.15) is 13.2 Å². The van der Waals surface area contributed by atoms with Crippen molar-refractivity contribution in [2.24, 2.45) is 0 Å². The Kier molecular flexibility index (Phi) is 7.57. The number of rotatable bonds is 4. The van der Waals surface area contributed by atoms with Gasteiger partial charge < -0.3 is 4.90 Å². The molecule has 0 radical (unpaired) electrons. The predicted octanol–water partition coefficient (Wildman–Crippen LogP) is 4.54. The van der Waals surface area contributed by atoms with Gasteiger partial charge >= 0.3 is 6.18 Å². The van der Waals surface area contributed by atoms with E-state index >= 15 is 0 Å². The van der Waals surface area contributed by atoms with Crippen molar-refractivity contribution < 1.29 is 18.0 Å². The molecule has 27 heavy (non-hydrogen) atoms. The minimum absolute atomic E-state index is 0. The van der Waals surface area contributed by atoms with E-state index in [2.05, 4.69) is 4.90 Å². The summed E-state index contributed by atoms with van der Waals surface area (Å²) in [6.45, 7) is 2.14. The molecule has 1 amide bonds. The number of carbonyl (C=O) groups excluding carboxylic acids is 1. The molecule has 0 spiro atoms. The molecule has 1 saturated carbocycles. The minimum atomic E-state index is -4.43. The summed E-state index contributed by atoms with van der Waals surface area (Å²) in [4.78, 5) is 17.0. The number of hydrogen-bond donors (Lipinski definition) is 0. The van der Waals surface area contributed by atoms with Crippen LogP contribution in [0.4, 0.5) is 13.2 Å². The van der Waals surface area contributed by atoms with Gasteiger partial charge in [-0.25, -0.2) is 0 Å². The third-order valence-corrected chi connectivity index (χ3v) is 5.86. The molecule has 3 nitrogen and oxygen atoms in total. The van der Waals surface area contributed by atoms with Crippen LogP contribution in [0.25, 0.3) is 0 Å². The van der Waals surface area contributed by atoms with E-state index in [4.69, 9.17) is 0 Å². The first-order chi connectivity index (χ1) is 12.4. The molecule has 2 aliphatic rings. The zero-order valence-corrected chi connectivity index (χ0v) is 16.5. The minimum Gasteiger partial charge on any atom is -0.341 e. The number of halogens is 4. The number of carbonyl (C=O) groups is 1. The van der Waals surface area contributed by atoms with Crippen LogP contribution in [-0.4, -0.2) is 47.9 Å². The average Bonchev–Trinajstić information content (AvgIpc) is 3.15. The van der Waals surface area contributed by atoms with Crippen molar-refractivity contribution in [2.45, 2.75) is 63.2 Å². The van der Waals surface area contributed by atoms with Crippen molar-refractivity contribution >= 4 is 18.3 Å². The molecule has 0 aromatic heterocycles. The van der Waals surface area contributed by atoms with Crippen molar-refractivity contribution in [1.82, 2.24) is 9.80 Å². The first-order valence-corrected chi connectivity index (χ1v) is 9.53. The standard InChI is InChI=1S/C20H27F3N2O.ClH/c1-24(17-10-4-5-11-18(17)25-12-6-7-13-25)19(26)14-15-8-2-3-9-16(15)20(21,22)23;/h2-3,8-9,17-18H,4-7,10-14H2,1H3;1H. The molecule has 152 valence electrons. The van der Waals surface area contributed by atoms with E-state index in [1.807, 2.05) is 0 Å². The lowest BCUT2D eigenvalue weighted by Gasteiger charge is -2.42. The number of hydrogen-bond acceptors (Lipinski definition) is 2. The van der Waals surface area contributed by atoms with Gasteiger partial charge in [0.05, 0.1) is 12.0 Å². The topological polar surface area (TPSA) is 23.6 Å². The van der Waals surface area contributed by atoms with E-state index in [1.165, 1.54) is 25.0 Å². The fourth-order valence-corrected chi connectivity index (χ4v) is 4.47. The summed E-state index contributed by atoms with van der Waals surface area (Å²) >= 11 is 0. The zero-order valence-electron chi connectivity index (χ0n) is 15.7. The van der Waals surface area contributed by atoms with E-state index < -0.39 is 11.7 Å². The number of nitrogens with zero attached hydrogens (tertiary/aromatic N) is 2. The first-order valence-electron chi connectivity index (χ1n) is 9.53. The van der Waals surface area contributed by atoms with Crippen LogP contribution < -0.4 is 0 Å². The van der Waals surface area contributed by atoms with Crippen LogP contribution in [0.15, 0.2) is 24.3 Å². The monoisotopic (exact) mass is 404 g/mol. The maximum atomic E-state index is 13.2. The van der Waals surface area contributed by atoms with Gasteiger partial charge in [0, 0.05) is 19.1 Å². The molecule has 1 aliphatic heterocycles. The van der Waals surface area contributed by atoms with Gasteiger partial charge in [-0.05, 0) is 50.4 Å². The van der Waals surface area contributed by atoms with Crippen LogP contribution in [0.5, 0.6) is 0 Å². The molecule has 1 aromatic rings. The van der Waals surface area contributed by atoms with Crippen molar-refractivity contribution in [1.29, 1.82) is 0 Å². The Bertz CT molecular complexity index is 632. The highest BCUT2D eigenvalue weighted by atomic mass is 35.5. The second kappa shape index (κ2) is 9.28. The second-order valence-corrected chi connectivity index (χ2v) is 7.50. The average molecular weight is 405 g/mol. The van der Waals surface area contributed by atoms with Crippen LogP contribution in [0.3, 0.4) is 0 Å². The van der Waals surface area contributed by atoms with Gasteiger partial charge in [-0.15, -0.1) is 12.4 Å². The summed E-state index contributed by atoms with van der Waals surface area (Å²) in [6, 6.07) is 5.84. The van der Waals surface area contributed by atoms with Gasteiger partial charge in [-0.1, -0.05) is 31.0 Å². The molecule has 0 bridgehead atoms. The summed E-state index contributed by atoms with van der Waals surface area (Å²) in [5.41, 5.74) is -0.646. The lowest BCUT2D eigenvalue weighted by molar-refractivity contribution is -0.139. The highest BCUT2D eigenvalue weighted by Gasteiger charge is 2.37. The van der Waals surface area contributed by atoms with E-state index in [9.17, 15) is 18.0 Å². The molecular formula is C20H28ClF3N2O. The molecule has 1 saturated heterocycles. The van der Waals surface area contributed by atoms with Gasteiger partial charge in [-0.3, -0.25) is 9.69 Å². The van der Waals surface area contributed by atoms with E-state index in [-0.39, 0.29) is 36.3 Å². The summed E-state index contributed by atoms with van der Waals surface area (Å²) < 4.78 is 39.6. The van der Waals surface area contributed by atoms with Crippen LogP contribution >= 0.6 is 12.4 Å². The van der Waals surface area contributed by atoms with Gasteiger partial charge in [0.2, 0.25) is 5.91 Å². The predicted molar refractivity (Wildman–Crippen MR) is 102 cm³/mol. The largest absolute Gasteiger partial charge is 0.416 e. The molecule has 2 atom stereocenters. The number of alkyl halides is 3. The van der Waals surface area contributed by atoms with Crippen molar-refractivity contribution in [3.05, 3.63) is 35.4 Å². The van der Waals surface area contributed by atoms with Crippen LogP contribution in [-0.2, 0) is 17.4 Å². The third kappa shape index (κ3) is 5.17. The summed E-state index contributed by atoms with van der Waals surface area (Å²) in [5.74, 6) is -0.224. The van der Waals surface area contributed by atoms with Crippen molar-refractivity contribution in [3.63, 3.8) is 0 Å². The van der Waals surface area contributed by atoms with Gasteiger partial charge in [0.15, 0.2) is 0 Å². The SMILES string of the molecule is CN(C(=O)Cc1ccccc1C(F)(F)F)C1CCCCC1N1CCCC1.Cl. The molecule has 7 heteroatoms. The van der Waals surface area contributed by atoms with Crippen LogP contribution in [0.2, 0.25) is 0 Å². The van der Waals surface area contributed by atoms with Crippen LogP contribution in [0.1, 0.15) is 49.7 Å². The third-order valence-electron chi connectivity index (χ3n) is 5.86. The highest BCUT2D eigenvalue weighted by molar-refractivity contribution is 5.85. The van der Waals surface area contributed by atoms with E-state index in [1.54, 1.807) is 18.0 Å². The quantitative estimate of drug-likeness (QED) is 0.735. The Morgan fingerprint density at radius 2 is 1.74 bits per heavy atom. The molecule has 3 rings (SSSR count). The number of benzene rings is 1. The van der Waals surface area contributed by atoms with E-state index in [0.717, 1.165) is 44.8 Å². The Balaban J connectivity index is 0.00000261. The molecule has 1 aliphatic carbocycles. The zero-order chi connectivity index (χ0) is 18.7. The normalized spacial score (nSPS) is 23.7.